The van der Waals surface area contributed by atoms with Crippen LogP contribution in [-0.4, -0.2) is 43.2 Å². The second-order valence-corrected chi connectivity index (χ2v) is 7.69. The number of amides is 1. The third kappa shape index (κ3) is 5.71. The van der Waals surface area contributed by atoms with Gasteiger partial charge in [0, 0.05) is 25.5 Å². The molecule has 1 N–H and O–H groups in total. The highest BCUT2D eigenvalue weighted by Crippen LogP contribution is 2.24. The smallest absolute Gasteiger partial charge is 0.240 e. The van der Waals surface area contributed by atoms with Crippen LogP contribution in [0, 0.1) is 5.82 Å². The predicted molar refractivity (Wildman–Crippen MR) is 93.5 cm³/mol. The summed E-state index contributed by atoms with van der Waals surface area (Å²) in [6, 6.07) is 3.48. The van der Waals surface area contributed by atoms with Crippen molar-refractivity contribution in [1.29, 1.82) is 0 Å². The van der Waals surface area contributed by atoms with Crippen LogP contribution in [0.15, 0.2) is 36.9 Å². The quantitative estimate of drug-likeness (QED) is 0.697. The SMILES string of the molecule is CS(=O)(=O)N(CC(=O)NCCCn1ccnc1)c1ccc(F)c(Cl)c1. The van der Waals surface area contributed by atoms with Gasteiger partial charge < -0.3 is 9.88 Å². The summed E-state index contributed by atoms with van der Waals surface area (Å²) in [5.74, 6) is -1.13. The summed E-state index contributed by atoms with van der Waals surface area (Å²) < 4.78 is 39.9. The maximum absolute atomic E-state index is 13.3. The largest absolute Gasteiger partial charge is 0.354 e. The van der Waals surface area contributed by atoms with Gasteiger partial charge in [0.15, 0.2) is 0 Å². The molecular formula is C15H18ClFN4O3S. The fraction of sp³-hybridized carbons (Fsp3) is 0.333. The van der Waals surface area contributed by atoms with Gasteiger partial charge >= 0.3 is 0 Å². The van der Waals surface area contributed by atoms with E-state index in [4.69, 9.17) is 11.6 Å². The third-order valence-corrected chi connectivity index (χ3v) is 4.78. The lowest BCUT2D eigenvalue weighted by atomic mass is 10.3. The number of benzene rings is 1. The summed E-state index contributed by atoms with van der Waals surface area (Å²) in [6.07, 6.45) is 6.79. The molecule has 2 rings (SSSR count). The predicted octanol–water partition coefficient (Wildman–Crippen LogP) is 1.65. The van der Waals surface area contributed by atoms with Gasteiger partial charge in [-0.3, -0.25) is 9.10 Å². The van der Waals surface area contributed by atoms with Gasteiger partial charge in [0.25, 0.3) is 0 Å². The van der Waals surface area contributed by atoms with Gasteiger partial charge in [-0.25, -0.2) is 17.8 Å². The van der Waals surface area contributed by atoms with E-state index < -0.39 is 28.3 Å². The normalized spacial score (nSPS) is 11.3. The lowest BCUT2D eigenvalue weighted by molar-refractivity contribution is -0.119. The van der Waals surface area contributed by atoms with Crippen molar-refractivity contribution in [2.45, 2.75) is 13.0 Å². The fourth-order valence-corrected chi connectivity index (χ4v) is 3.16. The Morgan fingerprint density at radius 3 is 2.80 bits per heavy atom. The van der Waals surface area contributed by atoms with E-state index in [-0.39, 0.29) is 10.7 Å². The number of carbonyl (C=O) groups is 1. The van der Waals surface area contributed by atoms with Gasteiger partial charge in [-0.05, 0) is 24.6 Å². The zero-order valence-electron chi connectivity index (χ0n) is 13.5. The average Bonchev–Trinajstić information content (AvgIpc) is 3.04. The molecule has 7 nitrogen and oxygen atoms in total. The Labute approximate surface area is 150 Å². The van der Waals surface area contributed by atoms with Crippen molar-refractivity contribution >= 4 is 33.2 Å². The van der Waals surface area contributed by atoms with Crippen LogP contribution >= 0.6 is 11.6 Å². The van der Waals surface area contributed by atoms with Crippen LogP contribution in [0.3, 0.4) is 0 Å². The molecule has 0 unspecified atom stereocenters. The van der Waals surface area contributed by atoms with Crippen LogP contribution < -0.4 is 9.62 Å². The van der Waals surface area contributed by atoms with Crippen molar-refractivity contribution < 1.29 is 17.6 Å². The number of halogens is 2. The molecule has 25 heavy (non-hydrogen) atoms. The molecule has 0 spiro atoms. The van der Waals surface area contributed by atoms with Crippen LogP contribution in [0.5, 0.6) is 0 Å². The number of rotatable bonds is 8. The van der Waals surface area contributed by atoms with E-state index in [0.717, 1.165) is 16.6 Å². The Kier molecular flexibility index (Phi) is 6.38. The van der Waals surface area contributed by atoms with Crippen molar-refractivity contribution in [1.82, 2.24) is 14.9 Å². The molecule has 1 amide bonds. The molecule has 136 valence electrons. The first-order valence-electron chi connectivity index (χ1n) is 7.42. The molecule has 0 saturated carbocycles. The van der Waals surface area contributed by atoms with Gasteiger partial charge in [0.05, 0.1) is 23.3 Å². The number of sulfonamides is 1. The number of aromatic nitrogens is 2. The first kappa shape index (κ1) is 19.2. The van der Waals surface area contributed by atoms with Gasteiger partial charge in [-0.1, -0.05) is 11.6 Å². The maximum Gasteiger partial charge on any atom is 0.240 e. The molecular weight excluding hydrogens is 371 g/mol. The number of nitrogens with one attached hydrogen (secondary N) is 1. The number of carbonyl (C=O) groups excluding carboxylic acids is 1. The summed E-state index contributed by atoms with van der Waals surface area (Å²) in [6.45, 7) is 0.661. The molecule has 2 aromatic rings. The van der Waals surface area contributed by atoms with Crippen LogP contribution in [0.2, 0.25) is 5.02 Å². The molecule has 0 radical (unpaired) electrons. The summed E-state index contributed by atoms with van der Waals surface area (Å²) in [5, 5.41) is 2.44. The van der Waals surface area contributed by atoms with E-state index in [2.05, 4.69) is 10.3 Å². The molecule has 1 aromatic carbocycles. The third-order valence-electron chi connectivity index (χ3n) is 3.35. The second kappa shape index (κ2) is 8.30. The van der Waals surface area contributed by atoms with Crippen molar-refractivity contribution in [2.75, 3.05) is 23.7 Å². The summed E-state index contributed by atoms with van der Waals surface area (Å²) >= 11 is 5.69. The molecule has 1 heterocycles. The highest BCUT2D eigenvalue weighted by atomic mass is 35.5. The Balaban J connectivity index is 1.94. The topological polar surface area (TPSA) is 84.3 Å². The number of nitrogens with zero attached hydrogens (tertiary/aromatic N) is 3. The van der Waals surface area contributed by atoms with Crippen molar-refractivity contribution in [2.24, 2.45) is 0 Å². The minimum atomic E-state index is -3.73. The van der Waals surface area contributed by atoms with Crippen molar-refractivity contribution in [3.63, 3.8) is 0 Å². The average molecular weight is 389 g/mol. The second-order valence-electron chi connectivity index (χ2n) is 5.37. The van der Waals surface area contributed by atoms with E-state index in [1.807, 2.05) is 10.8 Å². The zero-order valence-corrected chi connectivity index (χ0v) is 15.1. The molecule has 10 heteroatoms. The fourth-order valence-electron chi connectivity index (χ4n) is 2.13. The summed E-state index contributed by atoms with van der Waals surface area (Å²) in [5.41, 5.74) is 0.127. The summed E-state index contributed by atoms with van der Waals surface area (Å²) in [7, 11) is -3.73. The summed E-state index contributed by atoms with van der Waals surface area (Å²) in [4.78, 5) is 16.0. The van der Waals surface area contributed by atoms with Crippen LogP contribution in [0.4, 0.5) is 10.1 Å². The minimum absolute atomic E-state index is 0.127. The molecule has 0 atom stereocenters. The number of anilines is 1. The van der Waals surface area contributed by atoms with Crippen molar-refractivity contribution in [3.05, 3.63) is 47.8 Å². The number of aryl methyl sites for hydroxylation is 1. The van der Waals surface area contributed by atoms with E-state index in [1.54, 1.807) is 12.5 Å². The molecule has 0 saturated heterocycles. The Morgan fingerprint density at radius 1 is 1.44 bits per heavy atom. The van der Waals surface area contributed by atoms with Crippen molar-refractivity contribution in [3.8, 4) is 0 Å². The van der Waals surface area contributed by atoms with Gasteiger partial charge in [0.1, 0.15) is 12.4 Å². The lowest BCUT2D eigenvalue weighted by Gasteiger charge is -2.22. The van der Waals surface area contributed by atoms with Gasteiger partial charge in [-0.2, -0.15) is 0 Å². The standard InChI is InChI=1S/C15H18ClFN4O3S/c1-25(23,24)21(12-3-4-14(17)13(16)9-12)10-15(22)19-5-2-7-20-8-6-18-11-20/h3-4,6,8-9,11H,2,5,7,10H2,1H3,(H,19,22). The first-order valence-corrected chi connectivity index (χ1v) is 9.65. The van der Waals surface area contributed by atoms with E-state index >= 15 is 0 Å². The number of hydrogen-bond donors (Lipinski definition) is 1. The molecule has 0 fully saturated rings. The molecule has 0 bridgehead atoms. The lowest BCUT2D eigenvalue weighted by Crippen LogP contribution is -2.40. The van der Waals surface area contributed by atoms with Crippen LogP contribution in [0.1, 0.15) is 6.42 Å². The Bertz CT molecular complexity index is 827. The monoisotopic (exact) mass is 388 g/mol. The Hall–Kier alpha value is -2.13. The van der Waals surface area contributed by atoms with Gasteiger partial charge in [0.2, 0.25) is 15.9 Å². The molecule has 0 aliphatic heterocycles. The van der Waals surface area contributed by atoms with E-state index in [1.165, 1.54) is 12.1 Å². The van der Waals surface area contributed by atoms with Crippen LogP contribution in [0.25, 0.3) is 0 Å². The number of hydrogen-bond acceptors (Lipinski definition) is 4. The molecule has 1 aromatic heterocycles. The molecule has 0 aliphatic rings. The number of imidazole rings is 1. The minimum Gasteiger partial charge on any atom is -0.354 e. The highest BCUT2D eigenvalue weighted by molar-refractivity contribution is 7.92. The Morgan fingerprint density at radius 2 is 2.20 bits per heavy atom. The molecule has 0 aliphatic carbocycles. The zero-order chi connectivity index (χ0) is 18.4. The van der Waals surface area contributed by atoms with Gasteiger partial charge in [-0.15, -0.1) is 0 Å². The first-order chi connectivity index (χ1) is 11.8. The van der Waals surface area contributed by atoms with E-state index in [9.17, 15) is 17.6 Å². The van der Waals surface area contributed by atoms with E-state index in [0.29, 0.717) is 19.5 Å². The maximum atomic E-state index is 13.3. The van der Waals surface area contributed by atoms with Crippen LogP contribution in [-0.2, 0) is 21.4 Å². The highest BCUT2D eigenvalue weighted by Gasteiger charge is 2.21.